The van der Waals surface area contributed by atoms with Gasteiger partial charge in [-0.3, -0.25) is 4.84 Å². The number of nitrogens with one attached hydrogen (secondary N) is 2. The fourth-order valence-corrected chi connectivity index (χ4v) is 1.35. The molecule has 2 N–H and O–H groups in total. The summed E-state index contributed by atoms with van der Waals surface area (Å²) in [5.74, 6) is 3.74. The van der Waals surface area contributed by atoms with E-state index in [1.807, 2.05) is 0 Å². The van der Waals surface area contributed by atoms with E-state index in [0.717, 1.165) is 13.0 Å². The molecule has 0 amide bonds. The third kappa shape index (κ3) is 6.25. The van der Waals surface area contributed by atoms with Crippen molar-refractivity contribution in [3.63, 3.8) is 0 Å². The Hall–Kier alpha value is -2.11. The first-order valence-corrected chi connectivity index (χ1v) is 6.74. The number of hydroxylamine groups is 1. The highest BCUT2D eigenvalue weighted by atomic mass is 16.7. The molecule has 0 bridgehead atoms. The summed E-state index contributed by atoms with van der Waals surface area (Å²) in [5.41, 5.74) is 0. The molecular weight excluding hydrogens is 272 g/mol. The standard InChI is InChI=1S/C13H22N6O2/c1-5-7-14-11-16-12(15-8-6-2)18-13(17-11)19(3)21-10-9-20-4/h1H,6-10H2,2-4H3,(H2,14,15,16,17,18). The molecule has 0 fully saturated rings. The Labute approximate surface area is 125 Å². The molecule has 0 unspecified atom stereocenters. The Balaban J connectivity index is 2.81. The molecule has 116 valence electrons. The van der Waals surface area contributed by atoms with Crippen molar-refractivity contribution < 1.29 is 9.57 Å². The number of anilines is 3. The summed E-state index contributed by atoms with van der Waals surface area (Å²) in [6, 6.07) is 0. The predicted molar refractivity (Wildman–Crippen MR) is 82.2 cm³/mol. The predicted octanol–water partition coefficient (Wildman–Crippen LogP) is 0.753. The lowest BCUT2D eigenvalue weighted by Crippen LogP contribution is -2.24. The maximum absolute atomic E-state index is 5.45. The van der Waals surface area contributed by atoms with E-state index in [9.17, 15) is 0 Å². The first-order valence-electron chi connectivity index (χ1n) is 6.74. The fraction of sp³-hybridized carbons (Fsp3) is 0.615. The molecule has 0 atom stereocenters. The number of aromatic nitrogens is 3. The van der Waals surface area contributed by atoms with Crippen molar-refractivity contribution in [2.45, 2.75) is 13.3 Å². The third-order valence-electron chi connectivity index (χ3n) is 2.36. The maximum atomic E-state index is 5.45. The summed E-state index contributed by atoms with van der Waals surface area (Å²) >= 11 is 0. The SMILES string of the molecule is C#CCNc1nc(NCCC)nc(N(C)OCCOC)n1. The lowest BCUT2D eigenvalue weighted by atomic mass is 10.5. The van der Waals surface area contributed by atoms with Crippen molar-refractivity contribution in [2.75, 3.05) is 56.2 Å². The highest BCUT2D eigenvalue weighted by Crippen LogP contribution is 2.12. The molecule has 8 heteroatoms. The minimum absolute atomic E-state index is 0.338. The molecular formula is C13H22N6O2. The smallest absolute Gasteiger partial charge is 0.256 e. The van der Waals surface area contributed by atoms with Crippen molar-refractivity contribution >= 4 is 17.8 Å². The molecule has 0 aromatic carbocycles. The Morgan fingerprint density at radius 1 is 1.19 bits per heavy atom. The van der Waals surface area contributed by atoms with Gasteiger partial charge in [-0.1, -0.05) is 12.8 Å². The van der Waals surface area contributed by atoms with Crippen LogP contribution in [0.5, 0.6) is 0 Å². The van der Waals surface area contributed by atoms with Crippen molar-refractivity contribution in [2.24, 2.45) is 0 Å². The van der Waals surface area contributed by atoms with Crippen LogP contribution in [0.3, 0.4) is 0 Å². The average Bonchev–Trinajstić information content (AvgIpc) is 2.50. The van der Waals surface area contributed by atoms with Gasteiger partial charge in [0.25, 0.3) is 5.95 Å². The molecule has 0 aliphatic carbocycles. The molecule has 21 heavy (non-hydrogen) atoms. The topological polar surface area (TPSA) is 84.4 Å². The van der Waals surface area contributed by atoms with Crippen LogP contribution in [-0.2, 0) is 9.57 Å². The zero-order valence-electron chi connectivity index (χ0n) is 12.7. The van der Waals surface area contributed by atoms with E-state index in [1.165, 1.54) is 5.06 Å². The number of terminal acetylenes is 1. The summed E-state index contributed by atoms with van der Waals surface area (Å²) in [4.78, 5) is 18.2. The molecule has 0 aliphatic rings. The molecule has 1 rings (SSSR count). The lowest BCUT2D eigenvalue weighted by Gasteiger charge is -2.17. The van der Waals surface area contributed by atoms with Gasteiger partial charge in [0.1, 0.15) is 0 Å². The third-order valence-corrected chi connectivity index (χ3v) is 2.36. The normalized spacial score (nSPS) is 10.0. The van der Waals surface area contributed by atoms with Gasteiger partial charge in [0, 0.05) is 20.7 Å². The van der Waals surface area contributed by atoms with Gasteiger partial charge in [-0.25, -0.2) is 5.06 Å². The second-order valence-corrected chi connectivity index (χ2v) is 4.09. The highest BCUT2D eigenvalue weighted by Gasteiger charge is 2.10. The highest BCUT2D eigenvalue weighted by molar-refractivity contribution is 5.42. The van der Waals surface area contributed by atoms with E-state index in [1.54, 1.807) is 14.2 Å². The van der Waals surface area contributed by atoms with Crippen LogP contribution < -0.4 is 15.7 Å². The minimum atomic E-state index is 0.338. The Morgan fingerprint density at radius 2 is 1.90 bits per heavy atom. The summed E-state index contributed by atoms with van der Waals surface area (Å²) in [7, 11) is 3.33. The maximum Gasteiger partial charge on any atom is 0.256 e. The number of methoxy groups -OCH3 is 1. The summed E-state index contributed by atoms with van der Waals surface area (Å²) in [5, 5.41) is 7.51. The van der Waals surface area contributed by atoms with Gasteiger partial charge in [0.05, 0.1) is 19.8 Å². The molecule has 0 aliphatic heterocycles. The van der Waals surface area contributed by atoms with Crippen LogP contribution in [0.4, 0.5) is 17.8 Å². The lowest BCUT2D eigenvalue weighted by molar-refractivity contribution is 0.0607. The number of hydrogen-bond donors (Lipinski definition) is 2. The fourth-order valence-electron chi connectivity index (χ4n) is 1.35. The van der Waals surface area contributed by atoms with Crippen LogP contribution in [0.15, 0.2) is 0 Å². The Bertz CT molecular complexity index is 462. The van der Waals surface area contributed by atoms with Crippen LogP contribution in [0.25, 0.3) is 0 Å². The molecule has 0 radical (unpaired) electrons. The van der Waals surface area contributed by atoms with Crippen LogP contribution >= 0.6 is 0 Å². The number of ether oxygens (including phenoxy) is 1. The van der Waals surface area contributed by atoms with Crippen molar-refractivity contribution in [3.8, 4) is 12.3 Å². The van der Waals surface area contributed by atoms with Gasteiger partial charge in [0.2, 0.25) is 11.9 Å². The van der Waals surface area contributed by atoms with E-state index in [2.05, 4.69) is 38.4 Å². The van der Waals surface area contributed by atoms with E-state index < -0.39 is 0 Å². The Kier molecular flexibility index (Phi) is 7.86. The zero-order chi connectivity index (χ0) is 15.5. The monoisotopic (exact) mass is 294 g/mol. The van der Waals surface area contributed by atoms with Gasteiger partial charge in [-0.05, 0) is 6.42 Å². The summed E-state index contributed by atoms with van der Waals surface area (Å²) in [6.07, 6.45) is 6.19. The van der Waals surface area contributed by atoms with E-state index >= 15 is 0 Å². The first-order chi connectivity index (χ1) is 10.2. The first kappa shape index (κ1) is 16.9. The van der Waals surface area contributed by atoms with E-state index in [4.69, 9.17) is 16.0 Å². The van der Waals surface area contributed by atoms with Crippen LogP contribution in [0.1, 0.15) is 13.3 Å². The van der Waals surface area contributed by atoms with Gasteiger partial charge in [-0.15, -0.1) is 6.42 Å². The molecule has 1 heterocycles. The summed E-state index contributed by atoms with van der Waals surface area (Å²) in [6.45, 7) is 4.06. The van der Waals surface area contributed by atoms with Crippen LogP contribution in [0.2, 0.25) is 0 Å². The molecule has 8 nitrogen and oxygen atoms in total. The second-order valence-electron chi connectivity index (χ2n) is 4.09. The molecule has 0 saturated carbocycles. The number of nitrogens with zero attached hydrogens (tertiary/aromatic N) is 4. The van der Waals surface area contributed by atoms with E-state index in [0.29, 0.717) is 37.6 Å². The average molecular weight is 294 g/mol. The molecule has 1 aromatic heterocycles. The molecule has 0 saturated heterocycles. The van der Waals surface area contributed by atoms with Gasteiger partial charge in [0.15, 0.2) is 0 Å². The minimum Gasteiger partial charge on any atom is -0.382 e. The number of hydrogen-bond acceptors (Lipinski definition) is 8. The van der Waals surface area contributed by atoms with Gasteiger partial charge in [-0.2, -0.15) is 15.0 Å². The Morgan fingerprint density at radius 3 is 2.52 bits per heavy atom. The molecule has 1 aromatic rings. The summed E-state index contributed by atoms with van der Waals surface area (Å²) < 4.78 is 4.93. The second kappa shape index (κ2) is 9.74. The van der Waals surface area contributed by atoms with Crippen LogP contribution in [0, 0.1) is 12.3 Å². The zero-order valence-corrected chi connectivity index (χ0v) is 12.7. The quantitative estimate of drug-likeness (QED) is 0.371. The van der Waals surface area contributed by atoms with Crippen LogP contribution in [-0.4, -0.2) is 55.4 Å². The van der Waals surface area contributed by atoms with E-state index in [-0.39, 0.29) is 0 Å². The van der Waals surface area contributed by atoms with Gasteiger partial charge < -0.3 is 15.4 Å². The largest absolute Gasteiger partial charge is 0.382 e. The molecule has 0 spiro atoms. The van der Waals surface area contributed by atoms with Crippen molar-refractivity contribution in [1.82, 2.24) is 15.0 Å². The van der Waals surface area contributed by atoms with Crippen molar-refractivity contribution in [1.29, 1.82) is 0 Å². The van der Waals surface area contributed by atoms with Gasteiger partial charge >= 0.3 is 0 Å². The van der Waals surface area contributed by atoms with Crippen molar-refractivity contribution in [3.05, 3.63) is 0 Å². The number of rotatable bonds is 10.